The Kier molecular flexibility index (Phi) is 3.74. The molecule has 0 atom stereocenters. The van der Waals surface area contributed by atoms with Gasteiger partial charge in [-0.25, -0.2) is 0 Å². The van der Waals surface area contributed by atoms with Gasteiger partial charge in [0.15, 0.2) is 0 Å². The largest absolute Gasteiger partial charge is 0.492 e. The fraction of sp³-hybridized carbons (Fsp3) is 0.200. The monoisotopic (exact) mass is 192 g/mol. The van der Waals surface area contributed by atoms with Crippen molar-refractivity contribution in [3.8, 4) is 5.75 Å². The molecule has 1 aromatic rings. The van der Waals surface area contributed by atoms with Gasteiger partial charge in [0, 0.05) is 5.46 Å². The van der Waals surface area contributed by atoms with E-state index in [1.54, 1.807) is 18.2 Å². The van der Waals surface area contributed by atoms with Crippen LogP contribution < -0.4 is 10.2 Å². The molecule has 14 heavy (non-hydrogen) atoms. The lowest BCUT2D eigenvalue weighted by molar-refractivity contribution is 0.361. The average Bonchev–Trinajstić information content (AvgIpc) is 2.15. The van der Waals surface area contributed by atoms with Crippen LogP contribution in [-0.2, 0) is 0 Å². The van der Waals surface area contributed by atoms with Gasteiger partial charge >= 0.3 is 7.12 Å². The second-order valence-electron chi connectivity index (χ2n) is 3.01. The van der Waals surface area contributed by atoms with Crippen molar-refractivity contribution in [2.45, 2.75) is 6.92 Å². The molecule has 1 rings (SSSR count). The Morgan fingerprint density at radius 2 is 2.21 bits per heavy atom. The van der Waals surface area contributed by atoms with Gasteiger partial charge in [-0.1, -0.05) is 30.4 Å². The molecule has 2 N–H and O–H groups in total. The average molecular weight is 192 g/mol. The zero-order chi connectivity index (χ0) is 10.6. The maximum Gasteiger partial charge on any atom is 0.492 e. The highest BCUT2D eigenvalue weighted by Gasteiger charge is 2.16. The molecule has 0 aromatic heterocycles. The summed E-state index contributed by atoms with van der Waals surface area (Å²) < 4.78 is 5.26. The second kappa shape index (κ2) is 4.84. The number of benzene rings is 1. The third kappa shape index (κ3) is 2.62. The molecule has 0 heterocycles. The summed E-state index contributed by atoms with van der Waals surface area (Å²) in [5.41, 5.74) is 1.34. The van der Waals surface area contributed by atoms with Crippen LogP contribution in [0.2, 0.25) is 0 Å². The first kappa shape index (κ1) is 10.8. The highest BCUT2D eigenvalue weighted by Crippen LogP contribution is 2.09. The molecule has 0 aliphatic carbocycles. The molecule has 0 bridgehead atoms. The minimum absolute atomic E-state index is 0.350. The molecular formula is C10H13BO3. The summed E-state index contributed by atoms with van der Waals surface area (Å²) in [5, 5.41) is 18.2. The Morgan fingerprint density at radius 1 is 1.50 bits per heavy atom. The van der Waals surface area contributed by atoms with Crippen molar-refractivity contribution < 1.29 is 14.8 Å². The van der Waals surface area contributed by atoms with Crippen LogP contribution >= 0.6 is 0 Å². The Morgan fingerprint density at radius 3 is 2.79 bits per heavy atom. The van der Waals surface area contributed by atoms with Crippen molar-refractivity contribution in [3.63, 3.8) is 0 Å². The summed E-state index contributed by atoms with van der Waals surface area (Å²) in [4.78, 5) is 0. The van der Waals surface area contributed by atoms with E-state index >= 15 is 0 Å². The molecule has 0 radical (unpaired) electrons. The van der Waals surface area contributed by atoms with Gasteiger partial charge in [0.25, 0.3) is 0 Å². The molecule has 0 spiro atoms. The van der Waals surface area contributed by atoms with Gasteiger partial charge in [-0.2, -0.15) is 0 Å². The first-order valence-electron chi connectivity index (χ1n) is 4.35. The van der Waals surface area contributed by atoms with Crippen LogP contribution in [0.25, 0.3) is 0 Å². The van der Waals surface area contributed by atoms with Crippen LogP contribution in [0.4, 0.5) is 0 Å². The molecule has 3 nitrogen and oxygen atoms in total. The van der Waals surface area contributed by atoms with Crippen LogP contribution in [0.5, 0.6) is 5.75 Å². The topological polar surface area (TPSA) is 49.7 Å². The van der Waals surface area contributed by atoms with E-state index in [-0.39, 0.29) is 0 Å². The molecule has 0 saturated carbocycles. The first-order valence-corrected chi connectivity index (χ1v) is 4.35. The summed E-state index contributed by atoms with van der Waals surface area (Å²) in [6.07, 6.45) is 1.60. The van der Waals surface area contributed by atoms with Gasteiger partial charge in [-0.15, -0.1) is 0 Å². The summed E-state index contributed by atoms with van der Waals surface area (Å²) in [6.45, 7) is 5.75. The fourth-order valence-electron chi connectivity index (χ4n) is 1.15. The summed E-state index contributed by atoms with van der Waals surface area (Å²) in [5.74, 6) is 0.477. The Labute approximate surface area is 83.8 Å². The SMILES string of the molecule is C=CCOc1ccc(C)cc1B(O)O. The van der Waals surface area contributed by atoms with E-state index < -0.39 is 7.12 Å². The van der Waals surface area contributed by atoms with Crippen molar-refractivity contribution in [3.05, 3.63) is 36.4 Å². The zero-order valence-electron chi connectivity index (χ0n) is 8.10. The first-order chi connectivity index (χ1) is 6.65. The zero-order valence-corrected chi connectivity index (χ0v) is 8.10. The maximum atomic E-state index is 9.08. The Balaban J connectivity index is 2.95. The van der Waals surface area contributed by atoms with Crippen molar-refractivity contribution in [2.75, 3.05) is 6.61 Å². The van der Waals surface area contributed by atoms with Gasteiger partial charge in [0.05, 0.1) is 0 Å². The van der Waals surface area contributed by atoms with E-state index in [1.165, 1.54) is 0 Å². The van der Waals surface area contributed by atoms with Crippen LogP contribution in [0, 0.1) is 6.92 Å². The summed E-state index contributed by atoms with van der Waals surface area (Å²) in [6, 6.07) is 5.25. The van der Waals surface area contributed by atoms with Gasteiger partial charge in [0.1, 0.15) is 12.4 Å². The van der Waals surface area contributed by atoms with Crippen molar-refractivity contribution in [1.82, 2.24) is 0 Å². The van der Waals surface area contributed by atoms with E-state index in [0.29, 0.717) is 17.8 Å². The Bertz CT molecular complexity index is 323. The van der Waals surface area contributed by atoms with Crippen molar-refractivity contribution in [1.29, 1.82) is 0 Å². The molecule has 0 aliphatic rings. The smallest absolute Gasteiger partial charge is 0.490 e. The lowest BCUT2D eigenvalue weighted by Crippen LogP contribution is -2.31. The van der Waals surface area contributed by atoms with Crippen LogP contribution in [0.3, 0.4) is 0 Å². The summed E-state index contributed by atoms with van der Waals surface area (Å²) >= 11 is 0. The maximum absolute atomic E-state index is 9.08. The van der Waals surface area contributed by atoms with Crippen LogP contribution in [-0.4, -0.2) is 23.8 Å². The van der Waals surface area contributed by atoms with Gasteiger partial charge in [-0.3, -0.25) is 0 Å². The van der Waals surface area contributed by atoms with Crippen LogP contribution in [0.15, 0.2) is 30.9 Å². The number of hydrogen-bond donors (Lipinski definition) is 2. The van der Waals surface area contributed by atoms with E-state index in [9.17, 15) is 0 Å². The molecule has 0 aliphatic heterocycles. The molecule has 0 amide bonds. The normalized spacial score (nSPS) is 9.64. The highest BCUT2D eigenvalue weighted by molar-refractivity contribution is 6.59. The standard InChI is InChI=1S/C10H13BO3/c1-3-6-14-10-5-4-8(2)7-9(10)11(12)13/h3-5,7,12-13H,1,6H2,2H3. The third-order valence-electron chi connectivity index (χ3n) is 1.80. The molecule has 0 saturated heterocycles. The van der Waals surface area contributed by atoms with Gasteiger partial charge < -0.3 is 14.8 Å². The minimum Gasteiger partial charge on any atom is -0.490 e. The predicted octanol–water partition coefficient (Wildman–Crippen LogP) is 0.240. The van der Waals surface area contributed by atoms with Crippen molar-refractivity contribution >= 4 is 12.6 Å². The van der Waals surface area contributed by atoms with E-state index in [2.05, 4.69) is 6.58 Å². The quantitative estimate of drug-likeness (QED) is 0.530. The lowest BCUT2D eigenvalue weighted by Gasteiger charge is -2.10. The molecule has 1 aromatic carbocycles. The van der Waals surface area contributed by atoms with E-state index in [4.69, 9.17) is 14.8 Å². The van der Waals surface area contributed by atoms with Crippen LogP contribution in [0.1, 0.15) is 5.56 Å². The second-order valence-corrected chi connectivity index (χ2v) is 3.01. The number of rotatable bonds is 4. The van der Waals surface area contributed by atoms with Gasteiger partial charge in [-0.05, 0) is 13.0 Å². The molecular weight excluding hydrogens is 179 g/mol. The highest BCUT2D eigenvalue weighted by atomic mass is 16.5. The van der Waals surface area contributed by atoms with Gasteiger partial charge in [0.2, 0.25) is 0 Å². The molecule has 0 fully saturated rings. The molecule has 74 valence electrons. The summed E-state index contributed by atoms with van der Waals surface area (Å²) in [7, 11) is -1.50. The van der Waals surface area contributed by atoms with Crippen molar-refractivity contribution in [2.24, 2.45) is 0 Å². The lowest BCUT2D eigenvalue weighted by atomic mass is 9.79. The minimum atomic E-state index is -1.50. The fourth-order valence-corrected chi connectivity index (χ4v) is 1.15. The number of hydrogen-bond acceptors (Lipinski definition) is 3. The van der Waals surface area contributed by atoms with E-state index in [0.717, 1.165) is 5.56 Å². The number of ether oxygens (including phenoxy) is 1. The Hall–Kier alpha value is -1.26. The van der Waals surface area contributed by atoms with E-state index in [1.807, 2.05) is 13.0 Å². The molecule has 4 heteroatoms. The third-order valence-corrected chi connectivity index (χ3v) is 1.80. The number of aryl methyl sites for hydroxylation is 1. The predicted molar refractivity (Wildman–Crippen MR) is 56.7 cm³/mol. The molecule has 0 unspecified atom stereocenters.